The number of nitrogens with one attached hydrogen (secondary N) is 1. The van der Waals surface area contributed by atoms with Crippen LogP contribution in [0.2, 0.25) is 0 Å². The molecule has 3 nitrogen and oxygen atoms in total. The van der Waals surface area contributed by atoms with Gasteiger partial charge in [-0.2, -0.15) is 0 Å². The van der Waals surface area contributed by atoms with Crippen molar-refractivity contribution < 1.29 is 4.79 Å². The van der Waals surface area contributed by atoms with Crippen LogP contribution >= 0.6 is 15.9 Å². The molecule has 3 rings (SSSR count). The summed E-state index contributed by atoms with van der Waals surface area (Å²) in [6, 6.07) is 2.38. The molecule has 0 spiro atoms. The van der Waals surface area contributed by atoms with Gasteiger partial charge in [0.1, 0.15) is 5.69 Å². The number of aromatic nitrogens is 1. The van der Waals surface area contributed by atoms with Gasteiger partial charge in [-0.15, -0.1) is 0 Å². The Kier molecular flexibility index (Phi) is 3.96. The standard InChI is InChI=1S/C15H21BrN2O/c16-12-8-14(17-9-12)15(19)18(13-6-7-13)10-11-4-2-1-3-5-11/h8-9,11,13,17H,1-7,10H2. The van der Waals surface area contributed by atoms with E-state index < -0.39 is 0 Å². The molecule has 0 radical (unpaired) electrons. The fraction of sp³-hybridized carbons (Fsp3) is 0.667. The Bertz CT molecular complexity index is 447. The van der Waals surface area contributed by atoms with Gasteiger partial charge in [0.05, 0.1) is 0 Å². The van der Waals surface area contributed by atoms with Gasteiger partial charge in [-0.3, -0.25) is 4.79 Å². The lowest BCUT2D eigenvalue weighted by molar-refractivity contribution is 0.0693. The monoisotopic (exact) mass is 324 g/mol. The van der Waals surface area contributed by atoms with Crippen molar-refractivity contribution >= 4 is 21.8 Å². The van der Waals surface area contributed by atoms with Gasteiger partial charge in [-0.1, -0.05) is 19.3 Å². The number of hydrogen-bond acceptors (Lipinski definition) is 1. The summed E-state index contributed by atoms with van der Waals surface area (Å²) in [5.41, 5.74) is 0.717. The van der Waals surface area contributed by atoms with Crippen LogP contribution in [0.1, 0.15) is 55.4 Å². The number of carbonyl (C=O) groups excluding carboxylic acids is 1. The Morgan fingerprint density at radius 1 is 1.26 bits per heavy atom. The molecule has 19 heavy (non-hydrogen) atoms. The summed E-state index contributed by atoms with van der Waals surface area (Å²) in [6.07, 6.45) is 10.8. The number of rotatable bonds is 4. The van der Waals surface area contributed by atoms with Crippen LogP contribution in [0, 0.1) is 5.92 Å². The number of H-pyrrole nitrogens is 1. The van der Waals surface area contributed by atoms with Crippen LogP contribution in [0.15, 0.2) is 16.7 Å². The predicted octanol–water partition coefficient (Wildman–Crippen LogP) is 3.96. The second kappa shape index (κ2) is 5.70. The van der Waals surface area contributed by atoms with Crippen molar-refractivity contribution in [3.63, 3.8) is 0 Å². The van der Waals surface area contributed by atoms with Crippen LogP contribution in [0.4, 0.5) is 0 Å². The van der Waals surface area contributed by atoms with Crippen LogP contribution in [0.3, 0.4) is 0 Å². The zero-order valence-electron chi connectivity index (χ0n) is 11.2. The highest BCUT2D eigenvalue weighted by molar-refractivity contribution is 9.10. The van der Waals surface area contributed by atoms with E-state index in [9.17, 15) is 4.79 Å². The van der Waals surface area contributed by atoms with E-state index in [1.54, 1.807) is 0 Å². The molecule has 1 heterocycles. The van der Waals surface area contributed by atoms with Gasteiger partial charge in [-0.05, 0) is 53.6 Å². The summed E-state index contributed by atoms with van der Waals surface area (Å²) in [5.74, 6) is 0.899. The minimum Gasteiger partial charge on any atom is -0.356 e. The molecule has 1 N–H and O–H groups in total. The van der Waals surface area contributed by atoms with Gasteiger partial charge in [0.15, 0.2) is 0 Å². The van der Waals surface area contributed by atoms with Crippen LogP contribution in [-0.2, 0) is 0 Å². The predicted molar refractivity (Wildman–Crippen MR) is 79.1 cm³/mol. The van der Waals surface area contributed by atoms with E-state index in [0.717, 1.165) is 22.6 Å². The third kappa shape index (κ3) is 3.22. The third-order valence-corrected chi connectivity index (χ3v) is 4.76. The summed E-state index contributed by atoms with van der Waals surface area (Å²) in [7, 11) is 0. The van der Waals surface area contributed by atoms with Gasteiger partial charge in [0.25, 0.3) is 5.91 Å². The average Bonchev–Trinajstić information content (AvgIpc) is 3.18. The summed E-state index contributed by atoms with van der Waals surface area (Å²) in [4.78, 5) is 17.8. The van der Waals surface area contributed by atoms with Crippen LogP contribution < -0.4 is 0 Å². The largest absolute Gasteiger partial charge is 0.356 e. The van der Waals surface area contributed by atoms with Crippen LogP contribution in [0.25, 0.3) is 0 Å². The molecule has 0 saturated heterocycles. The Labute approximate surface area is 122 Å². The quantitative estimate of drug-likeness (QED) is 0.894. The highest BCUT2D eigenvalue weighted by Gasteiger charge is 2.35. The molecular weight excluding hydrogens is 304 g/mol. The van der Waals surface area contributed by atoms with Gasteiger partial charge in [-0.25, -0.2) is 0 Å². The number of amides is 1. The molecular formula is C15H21BrN2O. The van der Waals surface area contributed by atoms with E-state index in [-0.39, 0.29) is 5.91 Å². The first kappa shape index (κ1) is 13.2. The topological polar surface area (TPSA) is 36.1 Å². The molecule has 1 aromatic rings. The summed E-state index contributed by atoms with van der Waals surface area (Å²) < 4.78 is 0.948. The fourth-order valence-corrected chi connectivity index (χ4v) is 3.42. The van der Waals surface area contributed by atoms with E-state index in [0.29, 0.717) is 6.04 Å². The first-order valence-electron chi connectivity index (χ1n) is 7.39. The number of nitrogens with zero attached hydrogens (tertiary/aromatic N) is 1. The molecule has 104 valence electrons. The lowest BCUT2D eigenvalue weighted by atomic mass is 9.89. The Balaban J connectivity index is 1.68. The molecule has 1 amide bonds. The highest BCUT2D eigenvalue weighted by Crippen LogP contribution is 2.32. The smallest absolute Gasteiger partial charge is 0.270 e. The Morgan fingerprint density at radius 2 is 2.00 bits per heavy atom. The van der Waals surface area contributed by atoms with E-state index in [4.69, 9.17) is 0 Å². The second-order valence-electron chi connectivity index (χ2n) is 5.92. The maximum absolute atomic E-state index is 12.6. The van der Waals surface area contributed by atoms with Gasteiger partial charge < -0.3 is 9.88 Å². The van der Waals surface area contributed by atoms with E-state index >= 15 is 0 Å². The zero-order valence-corrected chi connectivity index (χ0v) is 12.8. The fourth-order valence-electron chi connectivity index (χ4n) is 3.08. The van der Waals surface area contributed by atoms with Crippen molar-refractivity contribution in [1.82, 2.24) is 9.88 Å². The first-order chi connectivity index (χ1) is 9.24. The van der Waals surface area contributed by atoms with Gasteiger partial charge in [0, 0.05) is 23.3 Å². The summed E-state index contributed by atoms with van der Waals surface area (Å²) in [5, 5.41) is 0. The molecule has 0 bridgehead atoms. The molecule has 0 unspecified atom stereocenters. The van der Waals surface area contributed by atoms with Gasteiger partial charge >= 0.3 is 0 Å². The van der Waals surface area contributed by atoms with Crippen molar-refractivity contribution in [1.29, 1.82) is 0 Å². The maximum Gasteiger partial charge on any atom is 0.270 e. The SMILES string of the molecule is O=C(c1cc(Br)c[nH]1)N(CC1CCCCC1)C1CC1. The summed E-state index contributed by atoms with van der Waals surface area (Å²) in [6.45, 7) is 0.958. The first-order valence-corrected chi connectivity index (χ1v) is 8.18. The van der Waals surface area contributed by atoms with E-state index in [2.05, 4.69) is 25.8 Å². The third-order valence-electron chi connectivity index (χ3n) is 4.31. The van der Waals surface area contributed by atoms with Crippen molar-refractivity contribution in [2.75, 3.05) is 6.54 Å². The molecule has 2 fully saturated rings. The normalized spacial score (nSPS) is 20.5. The van der Waals surface area contributed by atoms with Crippen molar-refractivity contribution in [2.45, 2.75) is 51.0 Å². The number of aromatic amines is 1. The zero-order chi connectivity index (χ0) is 13.2. The number of carbonyl (C=O) groups is 1. The minimum absolute atomic E-state index is 0.179. The summed E-state index contributed by atoms with van der Waals surface area (Å²) >= 11 is 3.40. The second-order valence-corrected chi connectivity index (χ2v) is 6.84. The lowest BCUT2D eigenvalue weighted by Crippen LogP contribution is -2.38. The lowest BCUT2D eigenvalue weighted by Gasteiger charge is -2.29. The minimum atomic E-state index is 0.179. The highest BCUT2D eigenvalue weighted by atomic mass is 79.9. The Hall–Kier alpha value is -0.770. The average molecular weight is 325 g/mol. The van der Waals surface area contributed by atoms with Crippen molar-refractivity contribution in [3.8, 4) is 0 Å². The molecule has 2 aliphatic rings. The maximum atomic E-state index is 12.6. The van der Waals surface area contributed by atoms with Gasteiger partial charge in [0.2, 0.25) is 0 Å². The van der Waals surface area contributed by atoms with Crippen LogP contribution in [0.5, 0.6) is 0 Å². The van der Waals surface area contributed by atoms with E-state index in [1.165, 1.54) is 44.9 Å². The van der Waals surface area contributed by atoms with Crippen molar-refractivity contribution in [2.24, 2.45) is 5.92 Å². The molecule has 0 aromatic carbocycles. The number of hydrogen-bond donors (Lipinski definition) is 1. The van der Waals surface area contributed by atoms with Crippen LogP contribution in [-0.4, -0.2) is 28.4 Å². The molecule has 4 heteroatoms. The molecule has 2 saturated carbocycles. The molecule has 1 aromatic heterocycles. The molecule has 2 aliphatic carbocycles. The number of halogens is 1. The van der Waals surface area contributed by atoms with Crippen molar-refractivity contribution in [3.05, 3.63) is 22.4 Å². The Morgan fingerprint density at radius 3 is 2.58 bits per heavy atom. The molecule has 0 atom stereocenters. The molecule has 0 aliphatic heterocycles. The van der Waals surface area contributed by atoms with E-state index in [1.807, 2.05) is 12.3 Å².